The molecule has 0 amide bonds. The summed E-state index contributed by atoms with van der Waals surface area (Å²) in [5.41, 5.74) is 0. The van der Waals surface area contributed by atoms with Crippen molar-refractivity contribution in [2.75, 3.05) is 13.1 Å². The molecule has 94 valence electrons. The van der Waals surface area contributed by atoms with Crippen LogP contribution in [0.4, 0.5) is 0 Å². The molecule has 0 saturated carbocycles. The van der Waals surface area contributed by atoms with Crippen LogP contribution in [0, 0.1) is 11.8 Å². The third-order valence-corrected chi connectivity index (χ3v) is 3.44. The van der Waals surface area contributed by atoms with Crippen molar-refractivity contribution in [3.63, 3.8) is 0 Å². The summed E-state index contributed by atoms with van der Waals surface area (Å²) in [5.74, 6) is 0.265. The summed E-state index contributed by atoms with van der Waals surface area (Å²) in [5, 5.41) is 13.0. The van der Waals surface area contributed by atoms with Crippen molar-refractivity contribution < 1.29 is 9.90 Å². The topological polar surface area (TPSA) is 71.2 Å². The van der Waals surface area contributed by atoms with Gasteiger partial charge in [0.05, 0.1) is 12.5 Å². The van der Waals surface area contributed by atoms with Crippen LogP contribution in [0.15, 0.2) is 6.33 Å². The largest absolute Gasteiger partial charge is 0.481 e. The third kappa shape index (κ3) is 2.46. The Morgan fingerprint density at radius 1 is 1.65 bits per heavy atom. The summed E-state index contributed by atoms with van der Waals surface area (Å²) in [7, 11) is 0. The zero-order valence-electron chi connectivity index (χ0n) is 10.2. The highest BCUT2D eigenvalue weighted by molar-refractivity contribution is 5.70. The third-order valence-electron chi connectivity index (χ3n) is 3.44. The van der Waals surface area contributed by atoms with Crippen LogP contribution >= 0.6 is 0 Å². The number of aliphatic carboxylic acids is 1. The lowest BCUT2D eigenvalue weighted by Crippen LogP contribution is -2.50. The fraction of sp³-hybridized carbons (Fsp3) is 0.727. The molecule has 17 heavy (non-hydrogen) atoms. The van der Waals surface area contributed by atoms with Crippen LogP contribution in [0.1, 0.15) is 19.7 Å². The minimum atomic E-state index is -0.702. The molecule has 1 N–H and O–H groups in total. The minimum Gasteiger partial charge on any atom is -0.481 e. The monoisotopic (exact) mass is 238 g/mol. The molecule has 0 bridgehead atoms. The van der Waals surface area contributed by atoms with E-state index < -0.39 is 5.97 Å². The number of aromatic nitrogens is 3. The molecule has 1 fully saturated rings. The summed E-state index contributed by atoms with van der Waals surface area (Å²) in [6.07, 6.45) is 1.57. The molecule has 0 aliphatic carbocycles. The lowest BCUT2D eigenvalue weighted by Gasteiger charge is -2.40. The zero-order valence-corrected chi connectivity index (χ0v) is 10.2. The van der Waals surface area contributed by atoms with Gasteiger partial charge in [-0.2, -0.15) is 5.10 Å². The number of rotatable bonds is 5. The summed E-state index contributed by atoms with van der Waals surface area (Å²) in [4.78, 5) is 17.2. The number of carboxylic acid groups (broad SMARTS) is 1. The lowest BCUT2D eigenvalue weighted by molar-refractivity contribution is -0.145. The highest BCUT2D eigenvalue weighted by Gasteiger charge is 2.34. The van der Waals surface area contributed by atoms with Gasteiger partial charge in [0.15, 0.2) is 0 Å². The predicted octanol–water partition coefficient (Wildman–Crippen LogP) is 0.450. The van der Waals surface area contributed by atoms with Crippen LogP contribution in [-0.2, 0) is 17.9 Å². The molecule has 1 aromatic rings. The van der Waals surface area contributed by atoms with Gasteiger partial charge >= 0.3 is 5.97 Å². The van der Waals surface area contributed by atoms with Gasteiger partial charge in [-0.3, -0.25) is 9.69 Å². The minimum absolute atomic E-state index is 0.254. The van der Waals surface area contributed by atoms with Gasteiger partial charge in [0.2, 0.25) is 0 Å². The lowest BCUT2D eigenvalue weighted by atomic mass is 9.87. The number of hydrogen-bond acceptors (Lipinski definition) is 4. The maximum absolute atomic E-state index is 10.8. The van der Waals surface area contributed by atoms with E-state index in [0.29, 0.717) is 0 Å². The number of carbonyl (C=O) groups is 1. The van der Waals surface area contributed by atoms with Gasteiger partial charge in [-0.05, 0) is 12.8 Å². The first kappa shape index (κ1) is 12.0. The highest BCUT2D eigenvalue weighted by Crippen LogP contribution is 2.25. The van der Waals surface area contributed by atoms with E-state index in [0.717, 1.165) is 32.0 Å². The molecule has 0 spiro atoms. The summed E-state index contributed by atoms with van der Waals surface area (Å²) in [6.45, 7) is 7.06. The molecule has 2 rings (SSSR count). The Labute approximate surface area is 100 Å². The van der Waals surface area contributed by atoms with Gasteiger partial charge in [0.1, 0.15) is 12.2 Å². The molecule has 0 radical (unpaired) electrons. The second-order valence-electron chi connectivity index (χ2n) is 4.57. The van der Waals surface area contributed by atoms with Crippen molar-refractivity contribution in [1.29, 1.82) is 0 Å². The van der Waals surface area contributed by atoms with E-state index >= 15 is 0 Å². The van der Waals surface area contributed by atoms with E-state index in [1.54, 1.807) is 13.3 Å². The van der Waals surface area contributed by atoms with Gasteiger partial charge in [0.25, 0.3) is 0 Å². The van der Waals surface area contributed by atoms with Gasteiger partial charge < -0.3 is 5.11 Å². The van der Waals surface area contributed by atoms with Gasteiger partial charge in [0, 0.05) is 19.6 Å². The van der Waals surface area contributed by atoms with E-state index in [9.17, 15) is 4.79 Å². The van der Waals surface area contributed by atoms with Crippen LogP contribution in [0.2, 0.25) is 0 Å². The van der Waals surface area contributed by atoms with Crippen LogP contribution in [0.3, 0.4) is 0 Å². The van der Waals surface area contributed by atoms with Crippen molar-refractivity contribution >= 4 is 5.97 Å². The Morgan fingerprint density at radius 2 is 2.35 bits per heavy atom. The zero-order chi connectivity index (χ0) is 12.4. The molecule has 1 saturated heterocycles. The number of carboxylic acids is 1. The molecular formula is C11H18N4O2. The molecule has 6 heteroatoms. The average molecular weight is 238 g/mol. The highest BCUT2D eigenvalue weighted by atomic mass is 16.4. The Bertz CT molecular complexity index is 398. The first-order valence-corrected chi connectivity index (χ1v) is 5.93. The number of hydrogen-bond donors (Lipinski definition) is 1. The average Bonchev–Trinajstić information content (AvgIpc) is 2.68. The van der Waals surface area contributed by atoms with E-state index in [2.05, 4.69) is 15.0 Å². The van der Waals surface area contributed by atoms with Crippen molar-refractivity contribution in [3.8, 4) is 0 Å². The number of likely N-dealkylation sites (tertiary alicyclic amines) is 1. The molecular weight excluding hydrogens is 220 g/mol. The van der Waals surface area contributed by atoms with Crippen LogP contribution in [-0.4, -0.2) is 43.8 Å². The normalized spacial score (nSPS) is 18.9. The molecule has 2 heterocycles. The smallest absolute Gasteiger partial charge is 0.306 e. The van der Waals surface area contributed by atoms with Crippen molar-refractivity contribution in [3.05, 3.63) is 12.2 Å². The van der Waals surface area contributed by atoms with Crippen molar-refractivity contribution in [2.45, 2.75) is 26.9 Å². The van der Waals surface area contributed by atoms with Crippen LogP contribution < -0.4 is 0 Å². The predicted molar refractivity (Wildman–Crippen MR) is 61.3 cm³/mol. The van der Waals surface area contributed by atoms with E-state index in [1.807, 2.05) is 11.6 Å². The second kappa shape index (κ2) is 4.83. The Balaban J connectivity index is 1.83. The molecule has 6 nitrogen and oxygen atoms in total. The van der Waals surface area contributed by atoms with Gasteiger partial charge in [-0.1, -0.05) is 6.92 Å². The van der Waals surface area contributed by atoms with Gasteiger partial charge in [-0.15, -0.1) is 0 Å². The maximum atomic E-state index is 10.8. The second-order valence-corrected chi connectivity index (χ2v) is 4.57. The van der Waals surface area contributed by atoms with E-state index in [4.69, 9.17) is 5.11 Å². The van der Waals surface area contributed by atoms with Crippen LogP contribution in [0.5, 0.6) is 0 Å². The van der Waals surface area contributed by atoms with E-state index in [-0.39, 0.29) is 11.8 Å². The van der Waals surface area contributed by atoms with Crippen molar-refractivity contribution in [1.82, 2.24) is 19.7 Å². The Morgan fingerprint density at radius 3 is 2.94 bits per heavy atom. The molecule has 1 unspecified atom stereocenters. The fourth-order valence-electron chi connectivity index (χ4n) is 2.13. The molecule has 0 aromatic carbocycles. The molecule has 1 aliphatic heterocycles. The maximum Gasteiger partial charge on any atom is 0.306 e. The summed E-state index contributed by atoms with van der Waals surface area (Å²) >= 11 is 0. The molecule has 1 aromatic heterocycles. The summed E-state index contributed by atoms with van der Waals surface area (Å²) in [6, 6.07) is 0. The van der Waals surface area contributed by atoms with E-state index in [1.165, 1.54) is 0 Å². The number of aryl methyl sites for hydroxylation is 1. The molecule has 1 atom stereocenters. The Hall–Kier alpha value is -1.43. The summed E-state index contributed by atoms with van der Waals surface area (Å²) < 4.78 is 1.87. The molecule has 1 aliphatic rings. The first-order chi connectivity index (χ1) is 8.11. The number of nitrogens with zero attached hydrogens (tertiary/aromatic N) is 4. The quantitative estimate of drug-likeness (QED) is 0.806. The van der Waals surface area contributed by atoms with Crippen molar-refractivity contribution in [2.24, 2.45) is 11.8 Å². The SMILES string of the molecule is CCn1ncnc1CN1CC(C(C)C(=O)O)C1. The Kier molecular flexibility index (Phi) is 3.42. The van der Waals surface area contributed by atoms with Gasteiger partial charge in [-0.25, -0.2) is 9.67 Å². The van der Waals surface area contributed by atoms with Crippen LogP contribution in [0.25, 0.3) is 0 Å². The fourth-order valence-corrected chi connectivity index (χ4v) is 2.13. The first-order valence-electron chi connectivity index (χ1n) is 5.93. The standard InChI is InChI=1S/C11H18N4O2/c1-3-15-10(12-7-13-15)6-14-4-9(5-14)8(2)11(16)17/h7-9H,3-6H2,1-2H3,(H,16,17).